The Morgan fingerprint density at radius 2 is 2.38 bits per heavy atom. The van der Waals surface area contributed by atoms with Crippen LogP contribution in [0, 0.1) is 0 Å². The van der Waals surface area contributed by atoms with E-state index in [1.54, 1.807) is 0 Å². The molecule has 1 unspecified atom stereocenters. The minimum Gasteiger partial charge on any atom is -0.396 e. The first-order valence-corrected chi connectivity index (χ1v) is 4.36. The lowest BCUT2D eigenvalue weighted by atomic mass is 10.2. The molecule has 1 heterocycles. The third-order valence-corrected chi connectivity index (χ3v) is 1.82. The number of likely N-dealkylation sites (N-methyl/N-ethyl adjacent to an activating group) is 1. The Morgan fingerprint density at radius 3 is 3.00 bits per heavy atom. The van der Waals surface area contributed by atoms with Crippen molar-refractivity contribution in [2.24, 2.45) is 0 Å². The van der Waals surface area contributed by atoms with E-state index in [0.29, 0.717) is 24.2 Å². The zero-order valence-corrected chi connectivity index (χ0v) is 7.95. The second-order valence-electron chi connectivity index (χ2n) is 2.97. The van der Waals surface area contributed by atoms with Gasteiger partial charge < -0.3 is 14.9 Å². The first-order chi connectivity index (χ1) is 6.26. The zero-order chi connectivity index (χ0) is 9.68. The molecule has 0 aliphatic rings. The van der Waals surface area contributed by atoms with Crippen LogP contribution in [0.15, 0.2) is 4.52 Å². The van der Waals surface area contributed by atoms with Gasteiger partial charge in [0.15, 0.2) is 5.82 Å². The van der Waals surface area contributed by atoms with Gasteiger partial charge in [0, 0.05) is 12.5 Å². The first-order valence-electron chi connectivity index (χ1n) is 4.36. The lowest BCUT2D eigenvalue weighted by Gasteiger charge is -2.04. The predicted molar refractivity (Wildman–Crippen MR) is 47.3 cm³/mol. The van der Waals surface area contributed by atoms with Gasteiger partial charge in [-0.1, -0.05) is 5.16 Å². The molecule has 5 nitrogen and oxygen atoms in total. The molecule has 0 aromatic carbocycles. The summed E-state index contributed by atoms with van der Waals surface area (Å²) in [6.07, 6.45) is 1.17. The molecule has 1 rings (SSSR count). The fourth-order valence-corrected chi connectivity index (χ4v) is 0.946. The number of nitrogens with one attached hydrogen (secondary N) is 1. The maximum Gasteiger partial charge on any atom is 0.228 e. The van der Waals surface area contributed by atoms with E-state index in [4.69, 9.17) is 9.63 Å². The number of aliphatic hydroxyl groups excluding tert-OH is 1. The van der Waals surface area contributed by atoms with Crippen LogP contribution in [0.5, 0.6) is 0 Å². The Hall–Kier alpha value is -0.940. The molecule has 0 aliphatic heterocycles. The van der Waals surface area contributed by atoms with Crippen molar-refractivity contribution >= 4 is 0 Å². The SMILES string of the molecule is CNC(C)Cc1noc(CCO)n1. The number of hydrogen-bond donors (Lipinski definition) is 2. The van der Waals surface area contributed by atoms with Gasteiger partial charge in [0.2, 0.25) is 5.89 Å². The lowest BCUT2D eigenvalue weighted by molar-refractivity contribution is 0.273. The highest BCUT2D eigenvalue weighted by Gasteiger charge is 2.08. The number of aromatic nitrogens is 2. The summed E-state index contributed by atoms with van der Waals surface area (Å²) in [6.45, 7) is 2.09. The van der Waals surface area contributed by atoms with Crippen LogP contribution in [0.1, 0.15) is 18.6 Å². The van der Waals surface area contributed by atoms with Crippen molar-refractivity contribution in [3.05, 3.63) is 11.7 Å². The van der Waals surface area contributed by atoms with Crippen LogP contribution in [-0.4, -0.2) is 34.9 Å². The highest BCUT2D eigenvalue weighted by atomic mass is 16.5. The second kappa shape index (κ2) is 4.94. The number of aliphatic hydroxyl groups is 1. The molecule has 13 heavy (non-hydrogen) atoms. The molecule has 1 aromatic rings. The van der Waals surface area contributed by atoms with Gasteiger partial charge in [-0.05, 0) is 14.0 Å². The maximum atomic E-state index is 8.62. The third kappa shape index (κ3) is 3.12. The van der Waals surface area contributed by atoms with E-state index in [2.05, 4.69) is 15.5 Å². The van der Waals surface area contributed by atoms with Crippen molar-refractivity contribution < 1.29 is 9.63 Å². The van der Waals surface area contributed by atoms with Gasteiger partial charge in [0.05, 0.1) is 13.0 Å². The van der Waals surface area contributed by atoms with Gasteiger partial charge in [-0.3, -0.25) is 0 Å². The Bertz CT molecular complexity index is 249. The topological polar surface area (TPSA) is 71.2 Å². The summed E-state index contributed by atoms with van der Waals surface area (Å²) in [4.78, 5) is 4.11. The van der Waals surface area contributed by atoms with Gasteiger partial charge in [-0.2, -0.15) is 4.98 Å². The van der Waals surface area contributed by atoms with Crippen LogP contribution in [0.2, 0.25) is 0 Å². The molecule has 74 valence electrons. The molecule has 0 aliphatic carbocycles. The predicted octanol–water partition coefficient (Wildman–Crippen LogP) is -0.245. The zero-order valence-electron chi connectivity index (χ0n) is 7.95. The average molecular weight is 185 g/mol. The van der Waals surface area contributed by atoms with Crippen LogP contribution < -0.4 is 5.32 Å². The average Bonchev–Trinajstić information content (AvgIpc) is 2.53. The van der Waals surface area contributed by atoms with Crippen LogP contribution in [0.25, 0.3) is 0 Å². The van der Waals surface area contributed by atoms with Crippen LogP contribution in [-0.2, 0) is 12.8 Å². The molecule has 0 spiro atoms. The fraction of sp³-hybridized carbons (Fsp3) is 0.750. The summed E-state index contributed by atoms with van der Waals surface area (Å²) in [5.74, 6) is 1.19. The molecule has 1 aromatic heterocycles. The van der Waals surface area contributed by atoms with E-state index in [-0.39, 0.29) is 6.61 Å². The number of nitrogens with zero attached hydrogens (tertiary/aromatic N) is 2. The van der Waals surface area contributed by atoms with E-state index in [0.717, 1.165) is 6.42 Å². The summed E-state index contributed by atoms with van der Waals surface area (Å²) < 4.78 is 4.90. The minimum absolute atomic E-state index is 0.0449. The Morgan fingerprint density at radius 1 is 1.62 bits per heavy atom. The molecule has 5 heteroatoms. The molecule has 0 saturated heterocycles. The summed E-state index contributed by atoms with van der Waals surface area (Å²) in [5.41, 5.74) is 0. The highest BCUT2D eigenvalue weighted by molar-refractivity contribution is 4.89. The largest absolute Gasteiger partial charge is 0.396 e. The van der Waals surface area contributed by atoms with Crippen molar-refractivity contribution in [3.63, 3.8) is 0 Å². The number of hydrogen-bond acceptors (Lipinski definition) is 5. The molecule has 0 bridgehead atoms. The summed E-state index contributed by atoms with van der Waals surface area (Å²) in [6, 6.07) is 0.333. The Kier molecular flexibility index (Phi) is 3.85. The monoisotopic (exact) mass is 185 g/mol. The molecular weight excluding hydrogens is 170 g/mol. The summed E-state index contributed by atoms with van der Waals surface area (Å²) in [5, 5.41) is 15.5. The Balaban J connectivity index is 2.48. The lowest BCUT2D eigenvalue weighted by Crippen LogP contribution is -2.24. The second-order valence-corrected chi connectivity index (χ2v) is 2.97. The van der Waals surface area contributed by atoms with Crippen LogP contribution >= 0.6 is 0 Å². The summed E-state index contributed by atoms with van der Waals surface area (Å²) in [7, 11) is 1.89. The van der Waals surface area contributed by atoms with Crippen molar-refractivity contribution in [2.45, 2.75) is 25.8 Å². The molecule has 0 saturated carbocycles. The molecular formula is C8H15N3O2. The highest BCUT2D eigenvalue weighted by Crippen LogP contribution is 2.00. The van der Waals surface area contributed by atoms with E-state index in [1.807, 2.05) is 14.0 Å². The molecule has 2 N–H and O–H groups in total. The van der Waals surface area contributed by atoms with Crippen LogP contribution in [0.4, 0.5) is 0 Å². The van der Waals surface area contributed by atoms with Crippen molar-refractivity contribution in [2.75, 3.05) is 13.7 Å². The molecule has 1 atom stereocenters. The van der Waals surface area contributed by atoms with Gasteiger partial charge in [0.25, 0.3) is 0 Å². The number of rotatable bonds is 5. The van der Waals surface area contributed by atoms with Crippen LogP contribution in [0.3, 0.4) is 0 Å². The molecule has 0 fully saturated rings. The quantitative estimate of drug-likeness (QED) is 0.662. The maximum absolute atomic E-state index is 8.62. The smallest absolute Gasteiger partial charge is 0.228 e. The van der Waals surface area contributed by atoms with Crippen molar-refractivity contribution in [3.8, 4) is 0 Å². The Labute approximate surface area is 77.2 Å². The first kappa shape index (κ1) is 10.1. The standard InChI is InChI=1S/C8H15N3O2/c1-6(9-2)5-7-10-8(3-4-12)13-11-7/h6,9,12H,3-5H2,1-2H3. The van der Waals surface area contributed by atoms with E-state index < -0.39 is 0 Å². The third-order valence-electron chi connectivity index (χ3n) is 1.82. The van der Waals surface area contributed by atoms with Gasteiger partial charge >= 0.3 is 0 Å². The van der Waals surface area contributed by atoms with E-state index in [1.165, 1.54) is 0 Å². The van der Waals surface area contributed by atoms with Crippen molar-refractivity contribution in [1.82, 2.24) is 15.5 Å². The normalized spacial score (nSPS) is 13.2. The van der Waals surface area contributed by atoms with E-state index >= 15 is 0 Å². The van der Waals surface area contributed by atoms with Gasteiger partial charge in [-0.15, -0.1) is 0 Å². The minimum atomic E-state index is 0.0449. The van der Waals surface area contributed by atoms with Gasteiger partial charge in [0.1, 0.15) is 0 Å². The van der Waals surface area contributed by atoms with Crippen molar-refractivity contribution in [1.29, 1.82) is 0 Å². The molecule has 0 amide bonds. The van der Waals surface area contributed by atoms with Gasteiger partial charge in [-0.25, -0.2) is 0 Å². The summed E-state index contributed by atoms with van der Waals surface area (Å²) >= 11 is 0. The fourth-order valence-electron chi connectivity index (χ4n) is 0.946. The molecule has 0 radical (unpaired) electrons. The van der Waals surface area contributed by atoms with E-state index in [9.17, 15) is 0 Å².